The van der Waals surface area contributed by atoms with Gasteiger partial charge in [0.15, 0.2) is 11.3 Å². The van der Waals surface area contributed by atoms with Crippen LogP contribution in [0.1, 0.15) is 76.9 Å². The minimum atomic E-state index is -0.849. The van der Waals surface area contributed by atoms with Crippen LogP contribution in [0.4, 0.5) is 0 Å². The predicted octanol–water partition coefficient (Wildman–Crippen LogP) is 8.95. The SMILES string of the molecule is CCCc1nc2c(n1Cc1ccc(-c3ccccc3-c3nnn(C(c4ccccc4)(c4ccccc4)c4ccccc4)n3)cc1)CCCCC2=O. The van der Waals surface area contributed by atoms with Gasteiger partial charge in [-0.1, -0.05) is 146 Å². The fourth-order valence-corrected chi connectivity index (χ4v) is 7.56. The number of tetrazole rings is 1. The first kappa shape index (κ1) is 32.3. The van der Waals surface area contributed by atoms with Crippen molar-refractivity contribution in [1.82, 2.24) is 29.8 Å². The van der Waals surface area contributed by atoms with Crippen molar-refractivity contribution in [2.75, 3.05) is 0 Å². The van der Waals surface area contributed by atoms with Crippen LogP contribution < -0.4 is 0 Å². The van der Waals surface area contributed by atoms with Crippen molar-refractivity contribution in [2.45, 2.75) is 57.5 Å². The number of Topliss-reactive ketones (excluding diaryl/α,β-unsaturated/α-hetero) is 1. The number of fused-ring (bicyclic) bond motifs is 1. The van der Waals surface area contributed by atoms with Gasteiger partial charge in [-0.15, -0.1) is 15.0 Å². The monoisotopic (exact) mass is 668 g/mol. The summed E-state index contributed by atoms with van der Waals surface area (Å²) >= 11 is 0. The van der Waals surface area contributed by atoms with Gasteiger partial charge in [-0.05, 0) is 64.3 Å². The fourth-order valence-electron chi connectivity index (χ4n) is 7.56. The van der Waals surface area contributed by atoms with E-state index in [1.54, 1.807) is 4.80 Å². The lowest BCUT2D eigenvalue weighted by Gasteiger charge is -2.34. The van der Waals surface area contributed by atoms with Crippen LogP contribution in [0.15, 0.2) is 140 Å². The third-order valence-electron chi connectivity index (χ3n) is 10.0. The van der Waals surface area contributed by atoms with Crippen molar-refractivity contribution >= 4 is 5.78 Å². The molecule has 5 aromatic carbocycles. The van der Waals surface area contributed by atoms with Gasteiger partial charge in [0.05, 0.1) is 0 Å². The Hall–Kier alpha value is -5.95. The number of benzene rings is 5. The van der Waals surface area contributed by atoms with Crippen LogP contribution in [0.2, 0.25) is 0 Å². The van der Waals surface area contributed by atoms with Gasteiger partial charge in [0.1, 0.15) is 11.5 Å². The van der Waals surface area contributed by atoms with Crippen LogP contribution in [0.25, 0.3) is 22.5 Å². The van der Waals surface area contributed by atoms with Gasteiger partial charge in [0.2, 0.25) is 5.82 Å². The largest absolute Gasteiger partial charge is 0.327 e. The summed E-state index contributed by atoms with van der Waals surface area (Å²) in [6, 6.07) is 48.1. The van der Waals surface area contributed by atoms with E-state index in [0.717, 1.165) is 77.0 Å². The third-order valence-corrected chi connectivity index (χ3v) is 10.0. The molecule has 8 rings (SSSR count). The van der Waals surface area contributed by atoms with Crippen LogP contribution in [-0.2, 0) is 24.9 Å². The highest BCUT2D eigenvalue weighted by atomic mass is 16.1. The summed E-state index contributed by atoms with van der Waals surface area (Å²) in [5.41, 5.74) is 8.24. The summed E-state index contributed by atoms with van der Waals surface area (Å²) in [7, 11) is 0. The summed E-state index contributed by atoms with van der Waals surface area (Å²) in [6.45, 7) is 2.86. The summed E-state index contributed by atoms with van der Waals surface area (Å²) in [6.07, 6.45) is 5.30. The molecule has 0 bridgehead atoms. The summed E-state index contributed by atoms with van der Waals surface area (Å²) < 4.78 is 2.30. The lowest BCUT2D eigenvalue weighted by molar-refractivity contribution is 0.0977. The summed E-state index contributed by atoms with van der Waals surface area (Å²) in [4.78, 5) is 19.5. The highest BCUT2D eigenvalue weighted by Crippen LogP contribution is 2.40. The number of rotatable bonds is 10. The quantitative estimate of drug-likeness (QED) is 0.107. The highest BCUT2D eigenvalue weighted by molar-refractivity contribution is 5.95. The lowest BCUT2D eigenvalue weighted by Crippen LogP contribution is -2.39. The lowest BCUT2D eigenvalue weighted by atomic mass is 9.77. The number of aromatic nitrogens is 6. The zero-order valence-corrected chi connectivity index (χ0v) is 28.8. The van der Waals surface area contributed by atoms with E-state index < -0.39 is 5.54 Å². The van der Waals surface area contributed by atoms with Gasteiger partial charge in [0, 0.05) is 30.6 Å². The summed E-state index contributed by atoms with van der Waals surface area (Å²) in [5.74, 6) is 1.75. The van der Waals surface area contributed by atoms with Crippen molar-refractivity contribution in [3.63, 3.8) is 0 Å². The second-order valence-corrected chi connectivity index (χ2v) is 13.2. The van der Waals surface area contributed by atoms with Crippen LogP contribution in [-0.4, -0.2) is 35.5 Å². The third kappa shape index (κ3) is 5.99. The van der Waals surface area contributed by atoms with Gasteiger partial charge < -0.3 is 4.57 Å². The Labute approximate surface area is 298 Å². The highest BCUT2D eigenvalue weighted by Gasteiger charge is 2.41. The second kappa shape index (κ2) is 14.1. The number of imidazole rings is 1. The first-order chi connectivity index (χ1) is 25.2. The number of carbonyl (C=O) groups excluding carboxylic acids is 1. The molecule has 51 heavy (non-hydrogen) atoms. The van der Waals surface area contributed by atoms with Crippen LogP contribution in [0.3, 0.4) is 0 Å². The molecule has 0 atom stereocenters. The van der Waals surface area contributed by atoms with Gasteiger partial charge in [-0.3, -0.25) is 4.79 Å². The van der Waals surface area contributed by atoms with Gasteiger partial charge >= 0.3 is 0 Å². The maximum atomic E-state index is 12.9. The van der Waals surface area contributed by atoms with E-state index in [1.165, 1.54) is 5.56 Å². The Morgan fingerprint density at radius 3 is 1.84 bits per heavy atom. The number of hydrogen-bond acceptors (Lipinski definition) is 5. The molecule has 1 aliphatic carbocycles. The van der Waals surface area contributed by atoms with Crippen LogP contribution in [0.5, 0.6) is 0 Å². The maximum Gasteiger partial charge on any atom is 0.205 e. The molecule has 252 valence electrons. The summed E-state index contributed by atoms with van der Waals surface area (Å²) in [5, 5.41) is 14.7. The van der Waals surface area contributed by atoms with E-state index >= 15 is 0 Å². The Morgan fingerprint density at radius 1 is 0.667 bits per heavy atom. The zero-order chi connectivity index (χ0) is 34.6. The van der Waals surface area contributed by atoms with Gasteiger partial charge in [0.25, 0.3) is 0 Å². The smallest absolute Gasteiger partial charge is 0.205 e. The molecular formula is C44H40N6O. The number of carbonyl (C=O) groups is 1. The molecule has 7 heteroatoms. The molecule has 0 amide bonds. The molecule has 0 radical (unpaired) electrons. The van der Waals surface area contributed by atoms with Crippen LogP contribution in [0, 0.1) is 0 Å². The van der Waals surface area contributed by atoms with E-state index in [4.69, 9.17) is 20.4 Å². The Balaban J connectivity index is 1.17. The molecule has 0 unspecified atom stereocenters. The molecule has 2 heterocycles. The average molecular weight is 669 g/mol. The first-order valence-electron chi connectivity index (χ1n) is 17.9. The minimum absolute atomic E-state index is 0.185. The molecular weight excluding hydrogens is 629 g/mol. The molecule has 0 saturated heterocycles. The number of aryl methyl sites for hydroxylation is 1. The Morgan fingerprint density at radius 2 is 1.24 bits per heavy atom. The molecule has 0 N–H and O–H groups in total. The van der Waals surface area contributed by atoms with Gasteiger partial charge in [-0.25, -0.2) is 4.98 Å². The minimum Gasteiger partial charge on any atom is -0.327 e. The predicted molar refractivity (Wildman–Crippen MR) is 201 cm³/mol. The van der Waals surface area contributed by atoms with Crippen molar-refractivity contribution in [1.29, 1.82) is 0 Å². The molecule has 2 aromatic heterocycles. The molecule has 7 aromatic rings. The normalized spacial score (nSPS) is 13.2. The van der Waals surface area contributed by atoms with Crippen LogP contribution >= 0.6 is 0 Å². The number of ketones is 1. The van der Waals surface area contributed by atoms with Crippen molar-refractivity contribution in [2.24, 2.45) is 0 Å². The van der Waals surface area contributed by atoms with E-state index in [1.807, 2.05) is 30.3 Å². The number of nitrogens with zero attached hydrogens (tertiary/aromatic N) is 6. The topological polar surface area (TPSA) is 78.5 Å². The molecule has 0 saturated carbocycles. The zero-order valence-electron chi connectivity index (χ0n) is 28.8. The van der Waals surface area contributed by atoms with E-state index in [0.29, 0.717) is 24.5 Å². The van der Waals surface area contributed by atoms with Gasteiger partial charge in [-0.2, -0.15) is 0 Å². The average Bonchev–Trinajstić information content (AvgIpc) is 3.76. The van der Waals surface area contributed by atoms with Crippen molar-refractivity contribution < 1.29 is 4.79 Å². The Kier molecular flexibility index (Phi) is 8.93. The van der Waals surface area contributed by atoms with Crippen molar-refractivity contribution in [3.8, 4) is 22.5 Å². The second-order valence-electron chi connectivity index (χ2n) is 13.2. The molecule has 0 spiro atoms. The molecule has 0 aliphatic heterocycles. The molecule has 7 nitrogen and oxygen atoms in total. The molecule has 0 fully saturated rings. The fraction of sp³-hybridized carbons (Fsp3) is 0.205. The standard InChI is InChI=1S/C44H40N6O/c1-2-16-41-45-42-39(25-14-15-26-40(42)51)49(41)31-32-27-29-33(30-28-32)37-23-12-13-24-38(37)43-46-48-50(47-43)44(34-17-6-3-7-18-34,35-19-8-4-9-20-35)36-21-10-5-11-22-36/h3-13,17-24,27-30H,2,14-16,25-26,31H2,1H3. The van der Waals surface area contributed by atoms with Crippen molar-refractivity contribution in [3.05, 3.63) is 179 Å². The number of hydrogen-bond donors (Lipinski definition) is 0. The van der Waals surface area contributed by atoms with E-state index in [-0.39, 0.29) is 5.78 Å². The maximum absolute atomic E-state index is 12.9. The van der Waals surface area contributed by atoms with E-state index in [2.05, 4.69) is 121 Å². The first-order valence-corrected chi connectivity index (χ1v) is 17.9. The molecule has 1 aliphatic rings. The Bertz CT molecular complexity index is 2160. The van der Waals surface area contributed by atoms with E-state index in [9.17, 15) is 4.79 Å².